The zero-order valence-corrected chi connectivity index (χ0v) is 10.1. The number of halogens is 5. The van der Waals surface area contributed by atoms with E-state index in [1.54, 1.807) is 5.32 Å². The van der Waals surface area contributed by atoms with Crippen molar-refractivity contribution in [1.82, 2.24) is 4.98 Å². The van der Waals surface area contributed by atoms with E-state index in [9.17, 15) is 26.7 Å². The Hall–Kier alpha value is -2.71. The molecule has 2 aromatic rings. The summed E-state index contributed by atoms with van der Waals surface area (Å²) in [6.45, 7) is 0. The molecule has 1 aromatic carbocycles. The zero-order valence-electron chi connectivity index (χ0n) is 10.1. The number of benzene rings is 1. The maximum Gasteiger partial charge on any atom is 0.258 e. The second-order valence-corrected chi connectivity index (χ2v) is 3.86. The number of nitrogens with one attached hydrogen (secondary N) is 1. The summed E-state index contributed by atoms with van der Waals surface area (Å²) < 4.78 is 65.6. The van der Waals surface area contributed by atoms with Gasteiger partial charge in [-0.1, -0.05) is 0 Å². The first-order valence-corrected chi connectivity index (χ1v) is 5.36. The fourth-order valence-corrected chi connectivity index (χ4v) is 1.51. The summed E-state index contributed by atoms with van der Waals surface area (Å²) in [6.07, 6.45) is 2.26. The Labute approximate surface area is 114 Å². The standard InChI is InChI=1S/C12H6F5N3O/c13-6-7(14)9(16)11(10(17)8(6)15)20-12(21)4-1-2-19-3-5(4)18/h1-3H,18H2,(H,20,21). The topological polar surface area (TPSA) is 68.0 Å². The number of nitrogens with zero attached hydrogens (tertiary/aromatic N) is 1. The van der Waals surface area contributed by atoms with Gasteiger partial charge in [0.05, 0.1) is 17.4 Å². The monoisotopic (exact) mass is 303 g/mol. The Morgan fingerprint density at radius 3 is 2.05 bits per heavy atom. The summed E-state index contributed by atoms with van der Waals surface area (Å²) in [7, 11) is 0. The fourth-order valence-electron chi connectivity index (χ4n) is 1.51. The van der Waals surface area contributed by atoms with Crippen LogP contribution >= 0.6 is 0 Å². The largest absolute Gasteiger partial charge is 0.397 e. The van der Waals surface area contributed by atoms with Crippen LogP contribution in [0.2, 0.25) is 0 Å². The average molecular weight is 303 g/mol. The number of amides is 1. The van der Waals surface area contributed by atoms with Crippen molar-refractivity contribution in [2.75, 3.05) is 11.1 Å². The van der Waals surface area contributed by atoms with Crippen LogP contribution < -0.4 is 11.1 Å². The van der Waals surface area contributed by atoms with Crippen LogP contribution in [0.15, 0.2) is 18.5 Å². The molecule has 0 saturated heterocycles. The first-order chi connectivity index (χ1) is 9.84. The molecule has 0 saturated carbocycles. The minimum Gasteiger partial charge on any atom is -0.397 e. The lowest BCUT2D eigenvalue weighted by Crippen LogP contribution is -2.18. The molecule has 1 aromatic heterocycles. The first-order valence-electron chi connectivity index (χ1n) is 5.36. The van der Waals surface area contributed by atoms with Crippen LogP contribution in [0.5, 0.6) is 0 Å². The van der Waals surface area contributed by atoms with Crippen LogP contribution in [0, 0.1) is 29.1 Å². The van der Waals surface area contributed by atoms with E-state index in [4.69, 9.17) is 5.73 Å². The molecule has 0 unspecified atom stereocenters. The number of pyridine rings is 1. The normalized spacial score (nSPS) is 10.5. The second-order valence-electron chi connectivity index (χ2n) is 3.86. The highest BCUT2D eigenvalue weighted by molar-refractivity contribution is 6.07. The molecule has 21 heavy (non-hydrogen) atoms. The molecule has 0 aliphatic carbocycles. The number of nitrogens with two attached hydrogens (primary N) is 1. The molecule has 3 N–H and O–H groups in total. The fraction of sp³-hybridized carbons (Fsp3) is 0. The third-order valence-corrected chi connectivity index (χ3v) is 2.54. The van der Waals surface area contributed by atoms with Crippen LogP contribution in [0.1, 0.15) is 10.4 Å². The van der Waals surface area contributed by atoms with Crippen LogP contribution in [0.4, 0.5) is 33.3 Å². The molecule has 0 aliphatic rings. The van der Waals surface area contributed by atoms with E-state index in [0.717, 1.165) is 12.3 Å². The molecule has 0 spiro atoms. The molecule has 110 valence electrons. The van der Waals surface area contributed by atoms with E-state index in [1.807, 2.05) is 0 Å². The Balaban J connectivity index is 2.46. The lowest BCUT2D eigenvalue weighted by molar-refractivity contribution is 0.102. The Bertz CT molecular complexity index is 706. The van der Waals surface area contributed by atoms with Gasteiger partial charge in [0.25, 0.3) is 5.91 Å². The third kappa shape index (κ3) is 2.49. The molecular weight excluding hydrogens is 297 g/mol. The van der Waals surface area contributed by atoms with Gasteiger partial charge >= 0.3 is 0 Å². The smallest absolute Gasteiger partial charge is 0.258 e. The van der Waals surface area contributed by atoms with E-state index in [2.05, 4.69) is 4.98 Å². The number of aromatic nitrogens is 1. The lowest BCUT2D eigenvalue weighted by Gasteiger charge is -2.10. The van der Waals surface area contributed by atoms with E-state index in [1.165, 1.54) is 6.20 Å². The van der Waals surface area contributed by atoms with Gasteiger partial charge in [0.2, 0.25) is 5.82 Å². The van der Waals surface area contributed by atoms with Crippen LogP contribution in [-0.2, 0) is 0 Å². The SMILES string of the molecule is Nc1cnccc1C(=O)Nc1c(F)c(F)c(F)c(F)c1F. The van der Waals surface area contributed by atoms with Gasteiger partial charge in [0.1, 0.15) is 5.69 Å². The van der Waals surface area contributed by atoms with Crippen LogP contribution in [-0.4, -0.2) is 10.9 Å². The van der Waals surface area contributed by atoms with Crippen molar-refractivity contribution in [1.29, 1.82) is 0 Å². The summed E-state index contributed by atoms with van der Waals surface area (Å²) in [5, 5.41) is 1.60. The molecule has 0 fully saturated rings. The predicted octanol–water partition coefficient (Wildman–Crippen LogP) is 2.61. The van der Waals surface area contributed by atoms with Crippen molar-refractivity contribution in [3.63, 3.8) is 0 Å². The summed E-state index contributed by atoms with van der Waals surface area (Å²) >= 11 is 0. The summed E-state index contributed by atoms with van der Waals surface area (Å²) in [4.78, 5) is 15.3. The Kier molecular flexibility index (Phi) is 3.74. The quantitative estimate of drug-likeness (QED) is 0.509. The van der Waals surface area contributed by atoms with Crippen LogP contribution in [0.25, 0.3) is 0 Å². The summed E-state index contributed by atoms with van der Waals surface area (Å²) in [6, 6.07) is 1.12. The van der Waals surface area contributed by atoms with Crippen molar-refractivity contribution in [2.45, 2.75) is 0 Å². The van der Waals surface area contributed by atoms with E-state index in [-0.39, 0.29) is 11.3 Å². The highest BCUT2D eigenvalue weighted by Gasteiger charge is 2.27. The van der Waals surface area contributed by atoms with Gasteiger partial charge in [-0.2, -0.15) is 0 Å². The molecule has 1 heterocycles. The second kappa shape index (κ2) is 5.35. The molecule has 2 rings (SSSR count). The van der Waals surface area contributed by atoms with Gasteiger partial charge in [-0.05, 0) is 6.07 Å². The van der Waals surface area contributed by atoms with Crippen molar-refractivity contribution >= 4 is 17.3 Å². The highest BCUT2D eigenvalue weighted by Crippen LogP contribution is 2.27. The number of anilines is 2. The number of carbonyl (C=O) groups is 1. The van der Waals surface area contributed by atoms with Gasteiger partial charge in [-0.15, -0.1) is 0 Å². The average Bonchev–Trinajstić information content (AvgIpc) is 2.48. The van der Waals surface area contributed by atoms with Gasteiger partial charge in [-0.3, -0.25) is 9.78 Å². The van der Waals surface area contributed by atoms with Crippen molar-refractivity contribution in [3.05, 3.63) is 53.1 Å². The minimum absolute atomic E-state index is 0.126. The molecule has 0 bridgehead atoms. The predicted molar refractivity (Wildman–Crippen MR) is 62.8 cm³/mol. The molecular formula is C12H6F5N3O. The Morgan fingerprint density at radius 1 is 1.00 bits per heavy atom. The van der Waals surface area contributed by atoms with E-state index in [0.29, 0.717) is 0 Å². The molecule has 0 aliphatic heterocycles. The molecule has 0 atom stereocenters. The lowest BCUT2D eigenvalue weighted by atomic mass is 10.2. The molecule has 0 radical (unpaired) electrons. The van der Waals surface area contributed by atoms with Crippen molar-refractivity contribution in [2.24, 2.45) is 0 Å². The van der Waals surface area contributed by atoms with Crippen LogP contribution in [0.3, 0.4) is 0 Å². The number of hydrogen-bond acceptors (Lipinski definition) is 3. The number of nitrogen functional groups attached to an aromatic ring is 1. The minimum atomic E-state index is -2.31. The maximum absolute atomic E-state index is 13.4. The summed E-state index contributed by atoms with van der Waals surface area (Å²) in [5.74, 6) is -12.1. The van der Waals surface area contributed by atoms with Gasteiger partial charge in [-0.25, -0.2) is 22.0 Å². The number of hydrogen-bond donors (Lipinski definition) is 2. The summed E-state index contributed by atoms with van der Waals surface area (Å²) in [5.41, 5.74) is 3.61. The molecule has 9 heteroatoms. The van der Waals surface area contributed by atoms with Gasteiger partial charge in [0, 0.05) is 6.20 Å². The first kappa shape index (κ1) is 14.7. The van der Waals surface area contributed by atoms with Gasteiger partial charge < -0.3 is 11.1 Å². The molecule has 1 amide bonds. The van der Waals surface area contributed by atoms with E-state index < -0.39 is 40.7 Å². The van der Waals surface area contributed by atoms with Gasteiger partial charge in [0.15, 0.2) is 23.3 Å². The third-order valence-electron chi connectivity index (χ3n) is 2.54. The van der Waals surface area contributed by atoms with E-state index >= 15 is 0 Å². The maximum atomic E-state index is 13.4. The highest BCUT2D eigenvalue weighted by atomic mass is 19.2. The van der Waals surface area contributed by atoms with Crippen molar-refractivity contribution < 1.29 is 26.7 Å². The number of rotatable bonds is 2. The Morgan fingerprint density at radius 2 is 1.52 bits per heavy atom. The van der Waals surface area contributed by atoms with Crippen molar-refractivity contribution in [3.8, 4) is 0 Å². The number of carbonyl (C=O) groups excluding carboxylic acids is 1. The zero-order chi connectivity index (χ0) is 15.7. The molecule has 4 nitrogen and oxygen atoms in total.